The minimum absolute atomic E-state index is 0.159. The summed E-state index contributed by atoms with van der Waals surface area (Å²) in [7, 11) is 0. The number of primary amides is 1. The summed E-state index contributed by atoms with van der Waals surface area (Å²) in [6, 6.07) is 14.5. The third kappa shape index (κ3) is 6.30. The monoisotopic (exact) mass is 339 g/mol. The molecule has 0 aliphatic carbocycles. The number of nitrogens with two attached hydrogens (primary N) is 1. The van der Waals surface area contributed by atoms with Crippen molar-refractivity contribution in [2.45, 2.75) is 39.2 Å². The lowest BCUT2D eigenvalue weighted by Gasteiger charge is -2.08. The van der Waals surface area contributed by atoms with Gasteiger partial charge in [-0.2, -0.15) is 0 Å². The van der Waals surface area contributed by atoms with Crippen molar-refractivity contribution in [3.63, 3.8) is 0 Å². The van der Waals surface area contributed by atoms with Gasteiger partial charge in [-0.3, -0.25) is 4.79 Å². The quantitative estimate of drug-likeness (QED) is 0.638. The van der Waals surface area contributed by atoms with Crippen LogP contribution in [0.5, 0.6) is 0 Å². The maximum Gasteiger partial charge on any atom is 0.312 e. The number of nitrogens with one attached hydrogen (secondary N) is 2. The minimum Gasteiger partial charge on any atom is -0.352 e. The van der Waals surface area contributed by atoms with E-state index >= 15 is 0 Å². The fraction of sp³-hybridized carbons (Fsp3) is 0.300. The molecule has 2 rings (SSSR count). The van der Waals surface area contributed by atoms with Gasteiger partial charge in [0.15, 0.2) is 0 Å². The third-order valence-electron chi connectivity index (χ3n) is 3.96. The van der Waals surface area contributed by atoms with E-state index in [1.807, 2.05) is 12.1 Å². The van der Waals surface area contributed by atoms with Gasteiger partial charge >= 0.3 is 6.03 Å². The highest BCUT2D eigenvalue weighted by Crippen LogP contribution is 2.14. The Balaban J connectivity index is 1.89. The number of amides is 3. The number of carbonyl (C=O) groups is 2. The van der Waals surface area contributed by atoms with E-state index in [0.717, 1.165) is 17.7 Å². The second-order valence-corrected chi connectivity index (χ2v) is 6.02. The normalized spacial score (nSPS) is 10.3. The van der Waals surface area contributed by atoms with Gasteiger partial charge in [-0.05, 0) is 48.2 Å². The number of aryl methyl sites for hydroxylation is 1. The van der Waals surface area contributed by atoms with Gasteiger partial charge < -0.3 is 16.4 Å². The Morgan fingerprint density at radius 1 is 0.920 bits per heavy atom. The number of anilines is 1. The molecular weight excluding hydrogens is 314 g/mol. The molecule has 0 aliphatic heterocycles. The number of rotatable bonds is 8. The van der Waals surface area contributed by atoms with Crippen LogP contribution in [-0.2, 0) is 13.0 Å². The van der Waals surface area contributed by atoms with Crippen LogP contribution >= 0.6 is 0 Å². The van der Waals surface area contributed by atoms with E-state index < -0.39 is 6.03 Å². The molecule has 3 amide bonds. The molecule has 0 aromatic heterocycles. The van der Waals surface area contributed by atoms with Crippen LogP contribution in [0.15, 0.2) is 48.5 Å². The van der Waals surface area contributed by atoms with Crippen LogP contribution in [0.25, 0.3) is 0 Å². The third-order valence-corrected chi connectivity index (χ3v) is 3.96. The number of hydrogen-bond acceptors (Lipinski definition) is 2. The van der Waals surface area contributed by atoms with Crippen LogP contribution in [0.4, 0.5) is 10.5 Å². The van der Waals surface area contributed by atoms with E-state index in [9.17, 15) is 9.59 Å². The molecule has 0 saturated heterocycles. The lowest BCUT2D eigenvalue weighted by atomic mass is 10.1. The molecule has 0 atom stereocenters. The second-order valence-electron chi connectivity index (χ2n) is 6.02. The molecule has 0 saturated carbocycles. The highest BCUT2D eigenvalue weighted by molar-refractivity contribution is 6.04. The molecule has 0 aliphatic rings. The summed E-state index contributed by atoms with van der Waals surface area (Å²) in [5, 5.41) is 5.41. The number of hydrogen-bond donors (Lipinski definition) is 3. The van der Waals surface area contributed by atoms with Crippen LogP contribution in [0.3, 0.4) is 0 Å². The smallest absolute Gasteiger partial charge is 0.312 e. The van der Waals surface area contributed by atoms with Gasteiger partial charge in [0, 0.05) is 17.8 Å². The molecule has 132 valence electrons. The molecule has 2 aromatic rings. The highest BCUT2D eigenvalue weighted by Gasteiger charge is 2.06. The highest BCUT2D eigenvalue weighted by atomic mass is 16.2. The summed E-state index contributed by atoms with van der Waals surface area (Å²) in [5.74, 6) is -0.159. The predicted octanol–water partition coefficient (Wildman–Crippen LogP) is 3.84. The van der Waals surface area contributed by atoms with Gasteiger partial charge in [0.05, 0.1) is 0 Å². The van der Waals surface area contributed by atoms with E-state index in [-0.39, 0.29) is 5.91 Å². The first-order chi connectivity index (χ1) is 12.1. The maximum atomic E-state index is 12.3. The van der Waals surface area contributed by atoms with Crippen LogP contribution in [0.2, 0.25) is 0 Å². The molecule has 5 nitrogen and oxygen atoms in total. The SMILES string of the molecule is CCCCCc1ccc(NC(=O)c2ccc(CNC(N)=O)cc2)cc1. The molecule has 5 heteroatoms. The summed E-state index contributed by atoms with van der Waals surface area (Å²) in [4.78, 5) is 23.0. The van der Waals surface area contributed by atoms with Crippen molar-refractivity contribution in [1.29, 1.82) is 0 Å². The van der Waals surface area contributed by atoms with Crippen molar-refractivity contribution < 1.29 is 9.59 Å². The van der Waals surface area contributed by atoms with E-state index in [4.69, 9.17) is 5.73 Å². The Labute approximate surface area is 148 Å². The Hall–Kier alpha value is -2.82. The van der Waals surface area contributed by atoms with Crippen molar-refractivity contribution in [2.24, 2.45) is 5.73 Å². The van der Waals surface area contributed by atoms with Gasteiger partial charge in [-0.15, -0.1) is 0 Å². The van der Waals surface area contributed by atoms with Crippen molar-refractivity contribution in [3.05, 3.63) is 65.2 Å². The van der Waals surface area contributed by atoms with Gasteiger partial charge in [0.1, 0.15) is 0 Å². The minimum atomic E-state index is -0.569. The van der Waals surface area contributed by atoms with Gasteiger partial charge in [0.25, 0.3) is 5.91 Å². The first-order valence-corrected chi connectivity index (χ1v) is 8.61. The van der Waals surface area contributed by atoms with Crippen LogP contribution < -0.4 is 16.4 Å². The fourth-order valence-corrected chi connectivity index (χ4v) is 2.50. The van der Waals surface area contributed by atoms with E-state index in [0.29, 0.717) is 12.1 Å². The fourth-order valence-electron chi connectivity index (χ4n) is 2.50. The van der Waals surface area contributed by atoms with E-state index in [1.165, 1.54) is 24.8 Å². The van der Waals surface area contributed by atoms with Crippen molar-refractivity contribution in [3.8, 4) is 0 Å². The molecule has 0 bridgehead atoms. The average Bonchev–Trinajstić information content (AvgIpc) is 2.62. The number of unbranched alkanes of at least 4 members (excludes halogenated alkanes) is 2. The number of benzene rings is 2. The molecule has 0 spiro atoms. The largest absolute Gasteiger partial charge is 0.352 e. The molecule has 25 heavy (non-hydrogen) atoms. The standard InChI is InChI=1S/C20H25N3O2/c1-2-3-4-5-15-8-12-18(13-9-15)23-19(24)17-10-6-16(7-11-17)14-22-20(21)25/h6-13H,2-5,14H2,1H3,(H,23,24)(H3,21,22,25). The molecular formula is C20H25N3O2. The lowest BCUT2D eigenvalue weighted by molar-refractivity contribution is 0.102. The Bertz CT molecular complexity index is 694. The number of urea groups is 1. The van der Waals surface area contributed by atoms with Crippen molar-refractivity contribution in [1.82, 2.24) is 5.32 Å². The van der Waals surface area contributed by atoms with Gasteiger partial charge in [-0.25, -0.2) is 4.79 Å². The summed E-state index contributed by atoms with van der Waals surface area (Å²) >= 11 is 0. The van der Waals surface area contributed by atoms with Crippen molar-refractivity contribution >= 4 is 17.6 Å². The first kappa shape index (κ1) is 18.5. The maximum absolute atomic E-state index is 12.3. The molecule has 0 unspecified atom stereocenters. The summed E-state index contributed by atoms with van der Waals surface area (Å²) in [5.41, 5.74) is 8.55. The topological polar surface area (TPSA) is 84.2 Å². The Morgan fingerprint density at radius 3 is 2.16 bits per heavy atom. The van der Waals surface area contributed by atoms with E-state index in [2.05, 4.69) is 29.7 Å². The first-order valence-electron chi connectivity index (χ1n) is 8.61. The zero-order valence-corrected chi connectivity index (χ0v) is 14.5. The Morgan fingerprint density at radius 2 is 1.56 bits per heavy atom. The van der Waals surface area contributed by atoms with Crippen LogP contribution in [-0.4, -0.2) is 11.9 Å². The second kappa shape index (κ2) is 9.47. The summed E-state index contributed by atoms with van der Waals surface area (Å²) in [6.07, 6.45) is 4.72. The van der Waals surface area contributed by atoms with Crippen LogP contribution in [0, 0.1) is 0 Å². The lowest BCUT2D eigenvalue weighted by Crippen LogP contribution is -2.28. The molecule has 0 radical (unpaired) electrons. The zero-order valence-electron chi connectivity index (χ0n) is 14.5. The zero-order chi connectivity index (χ0) is 18.1. The predicted molar refractivity (Wildman–Crippen MR) is 100 cm³/mol. The molecule has 0 heterocycles. The van der Waals surface area contributed by atoms with Gasteiger partial charge in [-0.1, -0.05) is 44.0 Å². The molecule has 0 fully saturated rings. The van der Waals surface area contributed by atoms with E-state index in [1.54, 1.807) is 24.3 Å². The summed E-state index contributed by atoms with van der Waals surface area (Å²) in [6.45, 7) is 2.54. The van der Waals surface area contributed by atoms with Crippen LogP contribution in [0.1, 0.15) is 47.7 Å². The van der Waals surface area contributed by atoms with Crippen molar-refractivity contribution in [2.75, 3.05) is 5.32 Å². The number of carbonyl (C=O) groups excluding carboxylic acids is 2. The Kier molecular flexibility index (Phi) is 7.01. The van der Waals surface area contributed by atoms with Gasteiger partial charge in [0.2, 0.25) is 0 Å². The molecule has 4 N–H and O–H groups in total. The summed E-state index contributed by atoms with van der Waals surface area (Å²) < 4.78 is 0. The molecule has 2 aromatic carbocycles. The average molecular weight is 339 g/mol.